The van der Waals surface area contributed by atoms with Crippen molar-refractivity contribution < 1.29 is 9.13 Å². The normalized spacial score (nSPS) is 11.4. The van der Waals surface area contributed by atoms with E-state index in [1.807, 2.05) is 6.07 Å². The summed E-state index contributed by atoms with van der Waals surface area (Å²) in [6.45, 7) is 7.51. The van der Waals surface area contributed by atoms with Crippen LogP contribution in [0.5, 0.6) is 0 Å². The summed E-state index contributed by atoms with van der Waals surface area (Å²) in [5, 5.41) is 0. The lowest BCUT2D eigenvalue weighted by Crippen LogP contribution is -2.30. The average Bonchev–Trinajstić information content (AvgIpc) is 2.23. The number of nitrogen functional groups attached to an aromatic ring is 1. The maximum absolute atomic E-state index is 13.3. The molecule has 1 rings (SSSR count). The Bertz CT molecular complexity index is 349. The number of nitrogens with zero attached hydrogens (tertiary/aromatic N) is 1. The third-order valence-electron chi connectivity index (χ3n) is 2.62. The fraction of sp³-hybridized carbons (Fsp3) is 0.571. The van der Waals surface area contributed by atoms with Gasteiger partial charge in [0.05, 0.1) is 6.61 Å². The molecule has 18 heavy (non-hydrogen) atoms. The fourth-order valence-electron chi connectivity index (χ4n) is 2.00. The molecule has 1 aromatic rings. The van der Waals surface area contributed by atoms with Gasteiger partial charge in [0.25, 0.3) is 0 Å². The Balaban J connectivity index is 2.68. The van der Waals surface area contributed by atoms with E-state index in [0.29, 0.717) is 24.8 Å². The second kappa shape index (κ2) is 7.34. The predicted octanol–water partition coefficient (Wildman–Crippen LogP) is 2.51. The van der Waals surface area contributed by atoms with Gasteiger partial charge in [0.1, 0.15) is 5.82 Å². The van der Waals surface area contributed by atoms with Crippen LogP contribution in [0, 0.1) is 11.7 Å². The second-order valence-electron chi connectivity index (χ2n) is 5.01. The van der Waals surface area contributed by atoms with E-state index in [0.717, 1.165) is 18.7 Å². The third-order valence-corrected chi connectivity index (χ3v) is 2.62. The van der Waals surface area contributed by atoms with Gasteiger partial charge in [-0.1, -0.05) is 13.8 Å². The van der Waals surface area contributed by atoms with E-state index in [4.69, 9.17) is 10.5 Å². The summed E-state index contributed by atoms with van der Waals surface area (Å²) in [6, 6.07) is 4.70. The van der Waals surface area contributed by atoms with Gasteiger partial charge in [-0.2, -0.15) is 0 Å². The lowest BCUT2D eigenvalue weighted by molar-refractivity contribution is 0.136. The first-order chi connectivity index (χ1) is 8.51. The van der Waals surface area contributed by atoms with Gasteiger partial charge in [-0.15, -0.1) is 0 Å². The maximum Gasteiger partial charge on any atom is 0.125 e. The number of hydrogen-bond donors (Lipinski definition) is 1. The van der Waals surface area contributed by atoms with Crippen LogP contribution in [0.3, 0.4) is 0 Å². The van der Waals surface area contributed by atoms with Gasteiger partial charge in [0, 0.05) is 32.4 Å². The molecule has 102 valence electrons. The summed E-state index contributed by atoms with van der Waals surface area (Å²) in [5.41, 5.74) is 7.03. The first-order valence-corrected chi connectivity index (χ1v) is 6.27. The Morgan fingerprint density at radius 1 is 1.33 bits per heavy atom. The molecule has 0 aliphatic heterocycles. The summed E-state index contributed by atoms with van der Waals surface area (Å²) in [6.07, 6.45) is 0. The van der Waals surface area contributed by atoms with Crippen LogP contribution < -0.4 is 5.73 Å². The first kappa shape index (κ1) is 14.9. The Morgan fingerprint density at radius 3 is 2.61 bits per heavy atom. The molecule has 0 saturated carbocycles. The maximum atomic E-state index is 13.3. The Kier molecular flexibility index (Phi) is 6.09. The molecule has 0 aromatic heterocycles. The van der Waals surface area contributed by atoms with Gasteiger partial charge in [-0.25, -0.2) is 4.39 Å². The molecule has 3 nitrogen and oxygen atoms in total. The molecule has 0 fully saturated rings. The number of halogens is 1. The van der Waals surface area contributed by atoms with Crippen LogP contribution in [0.25, 0.3) is 0 Å². The number of rotatable bonds is 7. The largest absolute Gasteiger partial charge is 0.399 e. The molecule has 0 radical (unpaired) electrons. The molecule has 4 heteroatoms. The minimum Gasteiger partial charge on any atom is -0.399 e. The van der Waals surface area contributed by atoms with E-state index in [2.05, 4.69) is 18.7 Å². The van der Waals surface area contributed by atoms with Crippen molar-refractivity contribution in [2.75, 3.05) is 32.5 Å². The Labute approximate surface area is 109 Å². The highest BCUT2D eigenvalue weighted by atomic mass is 19.1. The summed E-state index contributed by atoms with van der Waals surface area (Å²) in [5.74, 6) is 0.286. The zero-order valence-electron chi connectivity index (χ0n) is 11.4. The summed E-state index contributed by atoms with van der Waals surface area (Å²) < 4.78 is 18.4. The zero-order chi connectivity index (χ0) is 13.5. The summed E-state index contributed by atoms with van der Waals surface area (Å²) >= 11 is 0. The molecule has 0 heterocycles. The van der Waals surface area contributed by atoms with Crippen molar-refractivity contribution >= 4 is 5.69 Å². The van der Waals surface area contributed by atoms with E-state index in [-0.39, 0.29) is 5.82 Å². The molecule has 0 spiro atoms. The van der Waals surface area contributed by atoms with E-state index in [1.54, 1.807) is 7.11 Å². The Hall–Kier alpha value is -1.13. The van der Waals surface area contributed by atoms with Crippen LogP contribution >= 0.6 is 0 Å². The summed E-state index contributed by atoms with van der Waals surface area (Å²) in [7, 11) is 1.69. The number of anilines is 1. The SMILES string of the molecule is COCCN(Cc1cc(N)cc(F)c1)CC(C)C. The molecule has 0 unspecified atom stereocenters. The highest BCUT2D eigenvalue weighted by molar-refractivity contribution is 5.41. The van der Waals surface area contributed by atoms with Gasteiger partial charge in [-0.05, 0) is 29.7 Å². The zero-order valence-corrected chi connectivity index (χ0v) is 11.4. The lowest BCUT2D eigenvalue weighted by Gasteiger charge is -2.24. The molecule has 0 aliphatic rings. The number of nitrogens with two attached hydrogens (primary N) is 1. The third kappa shape index (κ3) is 5.47. The minimum atomic E-state index is -0.277. The van der Waals surface area contributed by atoms with Crippen molar-refractivity contribution in [1.82, 2.24) is 4.90 Å². The quantitative estimate of drug-likeness (QED) is 0.760. The van der Waals surface area contributed by atoms with Gasteiger partial charge in [0.15, 0.2) is 0 Å². The van der Waals surface area contributed by atoms with Crippen LogP contribution in [0.1, 0.15) is 19.4 Å². The molecule has 0 bridgehead atoms. The van der Waals surface area contributed by atoms with Gasteiger partial charge in [0.2, 0.25) is 0 Å². The van der Waals surface area contributed by atoms with Gasteiger partial charge in [-0.3, -0.25) is 4.90 Å². The fourth-order valence-corrected chi connectivity index (χ4v) is 2.00. The van der Waals surface area contributed by atoms with Crippen molar-refractivity contribution in [3.8, 4) is 0 Å². The van der Waals surface area contributed by atoms with Gasteiger partial charge < -0.3 is 10.5 Å². The second-order valence-corrected chi connectivity index (χ2v) is 5.01. The molecule has 1 aromatic carbocycles. The molecule has 0 amide bonds. The predicted molar refractivity (Wildman–Crippen MR) is 72.8 cm³/mol. The smallest absolute Gasteiger partial charge is 0.125 e. The molecule has 0 atom stereocenters. The van der Waals surface area contributed by atoms with Crippen LogP contribution in [-0.2, 0) is 11.3 Å². The van der Waals surface area contributed by atoms with Crippen LogP contribution in [0.4, 0.5) is 10.1 Å². The number of methoxy groups -OCH3 is 1. The standard InChI is InChI=1S/C14H23FN2O/c1-11(2)9-17(4-5-18-3)10-12-6-13(15)8-14(16)7-12/h6-8,11H,4-5,9-10,16H2,1-3H3. The monoisotopic (exact) mass is 254 g/mol. The number of ether oxygens (including phenoxy) is 1. The van der Waals surface area contributed by atoms with Crippen molar-refractivity contribution in [3.05, 3.63) is 29.6 Å². The average molecular weight is 254 g/mol. The van der Waals surface area contributed by atoms with Crippen molar-refractivity contribution in [3.63, 3.8) is 0 Å². The molecule has 0 aliphatic carbocycles. The van der Waals surface area contributed by atoms with Crippen molar-refractivity contribution in [2.45, 2.75) is 20.4 Å². The molecule has 2 N–H and O–H groups in total. The van der Waals surface area contributed by atoms with Gasteiger partial charge >= 0.3 is 0 Å². The number of benzene rings is 1. The topological polar surface area (TPSA) is 38.5 Å². The van der Waals surface area contributed by atoms with Crippen LogP contribution in [-0.4, -0.2) is 31.7 Å². The molecular formula is C14H23FN2O. The first-order valence-electron chi connectivity index (χ1n) is 6.27. The summed E-state index contributed by atoms with van der Waals surface area (Å²) in [4.78, 5) is 2.25. The Morgan fingerprint density at radius 2 is 2.06 bits per heavy atom. The molecule has 0 saturated heterocycles. The minimum absolute atomic E-state index is 0.277. The molecular weight excluding hydrogens is 231 g/mol. The van der Waals surface area contributed by atoms with Crippen molar-refractivity contribution in [1.29, 1.82) is 0 Å². The van der Waals surface area contributed by atoms with Crippen molar-refractivity contribution in [2.24, 2.45) is 5.92 Å². The highest BCUT2D eigenvalue weighted by Gasteiger charge is 2.09. The van der Waals surface area contributed by atoms with E-state index in [1.165, 1.54) is 12.1 Å². The van der Waals surface area contributed by atoms with E-state index in [9.17, 15) is 4.39 Å². The lowest BCUT2D eigenvalue weighted by atomic mass is 10.1. The number of hydrogen-bond acceptors (Lipinski definition) is 3. The van der Waals surface area contributed by atoms with E-state index >= 15 is 0 Å². The van der Waals surface area contributed by atoms with Crippen LogP contribution in [0.2, 0.25) is 0 Å². The van der Waals surface area contributed by atoms with E-state index < -0.39 is 0 Å². The van der Waals surface area contributed by atoms with Crippen LogP contribution in [0.15, 0.2) is 18.2 Å². The highest BCUT2D eigenvalue weighted by Crippen LogP contribution is 2.13.